The Morgan fingerprint density at radius 2 is 1.81 bits per heavy atom. The van der Waals surface area contributed by atoms with E-state index in [1.165, 1.54) is 10.9 Å². The highest BCUT2D eigenvalue weighted by Gasteiger charge is 2.20. The Morgan fingerprint density at radius 1 is 1.15 bits per heavy atom. The summed E-state index contributed by atoms with van der Waals surface area (Å²) in [5.41, 5.74) is 1.93. The van der Waals surface area contributed by atoms with Crippen molar-refractivity contribution < 1.29 is 13.6 Å². The predicted octanol–water partition coefficient (Wildman–Crippen LogP) is 4.86. The summed E-state index contributed by atoms with van der Waals surface area (Å²) in [6, 6.07) is 14.5. The van der Waals surface area contributed by atoms with E-state index >= 15 is 0 Å². The molecule has 3 rings (SSSR count). The highest BCUT2D eigenvalue weighted by Crippen LogP contribution is 2.33. The molecule has 2 aromatic carbocycles. The second-order valence-corrected chi connectivity index (χ2v) is 6.17. The number of benzene rings is 2. The van der Waals surface area contributed by atoms with Gasteiger partial charge in [-0.1, -0.05) is 48.0 Å². The number of aromatic nitrogens is 2. The molecule has 0 spiro atoms. The van der Waals surface area contributed by atoms with E-state index < -0.39 is 12.3 Å². The molecule has 1 amide bonds. The fraction of sp³-hybridized carbons (Fsp3) is 0.158. The molecule has 1 N–H and O–H groups in total. The minimum Gasteiger partial charge on any atom is -0.325 e. The molecule has 0 aliphatic rings. The third kappa shape index (κ3) is 3.91. The lowest BCUT2D eigenvalue weighted by molar-refractivity contribution is -0.115. The van der Waals surface area contributed by atoms with Crippen LogP contribution in [0, 0.1) is 0 Å². The van der Waals surface area contributed by atoms with Crippen LogP contribution in [0.2, 0.25) is 5.02 Å². The minimum atomic E-state index is -2.73. The molecular formula is C19H16ClF2N3O. The third-order valence-electron chi connectivity index (χ3n) is 3.86. The molecule has 26 heavy (non-hydrogen) atoms. The summed E-state index contributed by atoms with van der Waals surface area (Å²) in [6.07, 6.45) is -1.49. The topological polar surface area (TPSA) is 46.9 Å². The Kier molecular flexibility index (Phi) is 5.32. The summed E-state index contributed by atoms with van der Waals surface area (Å²) in [7, 11) is 1.54. The highest BCUT2D eigenvalue weighted by molar-refractivity contribution is 6.33. The smallest absolute Gasteiger partial charge is 0.282 e. The first kappa shape index (κ1) is 18.1. The Bertz CT molecular complexity index is 940. The maximum atomic E-state index is 13.0. The van der Waals surface area contributed by atoms with Crippen molar-refractivity contribution in [2.45, 2.75) is 12.8 Å². The first-order valence-electron chi connectivity index (χ1n) is 7.90. The van der Waals surface area contributed by atoms with Crippen LogP contribution in [0.15, 0.2) is 54.7 Å². The van der Waals surface area contributed by atoms with Gasteiger partial charge in [0.15, 0.2) is 0 Å². The van der Waals surface area contributed by atoms with Gasteiger partial charge in [-0.25, -0.2) is 8.78 Å². The Hall–Kier alpha value is -2.73. The van der Waals surface area contributed by atoms with Crippen LogP contribution in [0.25, 0.3) is 11.1 Å². The van der Waals surface area contributed by atoms with Gasteiger partial charge in [-0.15, -0.1) is 0 Å². The van der Waals surface area contributed by atoms with Crippen LogP contribution in [0.5, 0.6) is 0 Å². The average molecular weight is 376 g/mol. The molecule has 0 bridgehead atoms. The molecule has 0 saturated heterocycles. The number of halogens is 3. The van der Waals surface area contributed by atoms with Gasteiger partial charge in [0, 0.05) is 40.6 Å². The van der Waals surface area contributed by atoms with Gasteiger partial charge in [-0.2, -0.15) is 5.10 Å². The molecule has 0 fully saturated rings. The van der Waals surface area contributed by atoms with E-state index in [1.807, 2.05) is 30.3 Å². The van der Waals surface area contributed by atoms with E-state index in [-0.39, 0.29) is 17.7 Å². The summed E-state index contributed by atoms with van der Waals surface area (Å²) >= 11 is 6.25. The number of nitrogens with zero attached hydrogens (tertiary/aromatic N) is 2. The third-order valence-corrected chi connectivity index (χ3v) is 4.19. The lowest BCUT2D eigenvalue weighted by Crippen LogP contribution is -2.15. The predicted molar refractivity (Wildman–Crippen MR) is 97.4 cm³/mol. The molecule has 4 nitrogen and oxygen atoms in total. The van der Waals surface area contributed by atoms with Crippen molar-refractivity contribution in [2.24, 2.45) is 7.05 Å². The van der Waals surface area contributed by atoms with Crippen LogP contribution < -0.4 is 5.32 Å². The van der Waals surface area contributed by atoms with Crippen molar-refractivity contribution in [1.82, 2.24) is 9.78 Å². The van der Waals surface area contributed by atoms with Gasteiger partial charge in [0.1, 0.15) is 5.69 Å². The summed E-state index contributed by atoms with van der Waals surface area (Å²) in [6.45, 7) is 0. The van der Waals surface area contributed by atoms with Crippen molar-refractivity contribution >= 4 is 23.2 Å². The molecule has 0 saturated carbocycles. The van der Waals surface area contributed by atoms with E-state index in [0.717, 1.165) is 11.1 Å². The fourth-order valence-corrected chi connectivity index (χ4v) is 2.99. The number of hydrogen-bond acceptors (Lipinski definition) is 2. The van der Waals surface area contributed by atoms with Crippen LogP contribution in [-0.2, 0) is 18.3 Å². The van der Waals surface area contributed by atoms with Gasteiger partial charge in [-0.05, 0) is 12.1 Å². The standard InChI is InChI=1S/C19H16ClF2N3O/c1-25-11-12(18(24-25)19(21)22)10-17(26)23-16-9-5-3-7-14(16)13-6-2-4-8-15(13)20/h2-9,11,19H,10H2,1H3,(H,23,26). The number of nitrogens with one attached hydrogen (secondary N) is 1. The number of anilines is 1. The number of carbonyl (C=O) groups is 1. The molecular weight excluding hydrogens is 360 g/mol. The number of carbonyl (C=O) groups excluding carboxylic acids is 1. The van der Waals surface area contributed by atoms with Gasteiger partial charge >= 0.3 is 0 Å². The van der Waals surface area contributed by atoms with Gasteiger partial charge in [-0.3, -0.25) is 9.48 Å². The summed E-state index contributed by atoms with van der Waals surface area (Å²) in [5.74, 6) is -0.403. The SMILES string of the molecule is Cn1cc(CC(=O)Nc2ccccc2-c2ccccc2Cl)c(C(F)F)n1. The van der Waals surface area contributed by atoms with E-state index in [1.54, 1.807) is 25.2 Å². The van der Waals surface area contributed by atoms with Crippen LogP contribution in [0.4, 0.5) is 14.5 Å². The monoisotopic (exact) mass is 375 g/mol. The Balaban J connectivity index is 1.84. The molecule has 0 unspecified atom stereocenters. The van der Waals surface area contributed by atoms with Crippen molar-refractivity contribution in [3.63, 3.8) is 0 Å². The van der Waals surface area contributed by atoms with E-state index in [9.17, 15) is 13.6 Å². The normalized spacial score (nSPS) is 11.0. The molecule has 1 heterocycles. The van der Waals surface area contributed by atoms with Crippen molar-refractivity contribution in [3.05, 3.63) is 71.0 Å². The van der Waals surface area contributed by atoms with Gasteiger partial charge < -0.3 is 5.32 Å². The number of hydrogen-bond donors (Lipinski definition) is 1. The average Bonchev–Trinajstić information content (AvgIpc) is 2.96. The number of amides is 1. The quantitative estimate of drug-likeness (QED) is 0.692. The van der Waals surface area contributed by atoms with Gasteiger partial charge in [0.2, 0.25) is 5.91 Å². The molecule has 0 atom stereocenters. The van der Waals surface area contributed by atoms with Crippen LogP contribution >= 0.6 is 11.6 Å². The molecule has 0 aliphatic carbocycles. The van der Waals surface area contributed by atoms with Crippen LogP contribution in [0.3, 0.4) is 0 Å². The van der Waals surface area contributed by atoms with E-state index in [4.69, 9.17) is 11.6 Å². The Morgan fingerprint density at radius 3 is 2.50 bits per heavy atom. The largest absolute Gasteiger partial charge is 0.325 e. The zero-order valence-electron chi connectivity index (χ0n) is 13.9. The number of alkyl halides is 2. The van der Waals surface area contributed by atoms with E-state index in [0.29, 0.717) is 10.7 Å². The zero-order valence-corrected chi connectivity index (χ0v) is 14.7. The zero-order chi connectivity index (χ0) is 18.7. The molecule has 7 heteroatoms. The number of rotatable bonds is 5. The molecule has 3 aromatic rings. The number of aryl methyl sites for hydroxylation is 1. The van der Waals surface area contributed by atoms with Gasteiger partial charge in [0.05, 0.1) is 6.42 Å². The second-order valence-electron chi connectivity index (χ2n) is 5.76. The highest BCUT2D eigenvalue weighted by atomic mass is 35.5. The van der Waals surface area contributed by atoms with E-state index in [2.05, 4.69) is 10.4 Å². The van der Waals surface area contributed by atoms with Crippen LogP contribution in [0.1, 0.15) is 17.7 Å². The first-order chi connectivity index (χ1) is 12.5. The fourth-order valence-electron chi connectivity index (χ4n) is 2.75. The first-order valence-corrected chi connectivity index (χ1v) is 8.28. The van der Waals surface area contributed by atoms with Crippen molar-refractivity contribution in [3.8, 4) is 11.1 Å². The number of para-hydroxylation sites is 1. The summed E-state index contributed by atoms with van der Waals surface area (Å²) in [4.78, 5) is 12.4. The molecule has 0 radical (unpaired) electrons. The minimum absolute atomic E-state index is 0.190. The molecule has 0 aliphatic heterocycles. The maximum absolute atomic E-state index is 13.0. The lowest BCUT2D eigenvalue weighted by atomic mass is 10.0. The molecule has 134 valence electrons. The van der Waals surface area contributed by atoms with Crippen LogP contribution in [-0.4, -0.2) is 15.7 Å². The lowest BCUT2D eigenvalue weighted by Gasteiger charge is -2.12. The Labute approximate surface area is 154 Å². The molecule has 1 aromatic heterocycles. The summed E-state index contributed by atoms with van der Waals surface area (Å²) in [5, 5.41) is 7.05. The van der Waals surface area contributed by atoms with Crippen molar-refractivity contribution in [1.29, 1.82) is 0 Å². The maximum Gasteiger partial charge on any atom is 0.282 e. The van der Waals surface area contributed by atoms with Gasteiger partial charge in [0.25, 0.3) is 6.43 Å². The van der Waals surface area contributed by atoms with Crippen molar-refractivity contribution in [2.75, 3.05) is 5.32 Å². The second kappa shape index (κ2) is 7.66. The summed E-state index contributed by atoms with van der Waals surface area (Å²) < 4.78 is 27.3.